The number of nitrogens with zero attached hydrogens (tertiary/aromatic N) is 2. The number of nitrogens with one attached hydrogen (secondary N) is 1. The van der Waals surface area contributed by atoms with E-state index in [9.17, 15) is 0 Å². The molecule has 94 valence electrons. The molecule has 0 atom stereocenters. The van der Waals surface area contributed by atoms with Gasteiger partial charge in [-0.3, -0.25) is 4.98 Å². The van der Waals surface area contributed by atoms with E-state index in [-0.39, 0.29) is 0 Å². The lowest BCUT2D eigenvalue weighted by molar-refractivity contribution is 0.724. The molecule has 0 bridgehead atoms. The molecule has 1 aliphatic heterocycles. The van der Waals surface area contributed by atoms with Gasteiger partial charge in [0.1, 0.15) is 0 Å². The predicted molar refractivity (Wildman–Crippen MR) is 72.5 cm³/mol. The van der Waals surface area contributed by atoms with Gasteiger partial charge in [0.25, 0.3) is 0 Å². The summed E-state index contributed by atoms with van der Waals surface area (Å²) in [5.74, 6) is 0. The van der Waals surface area contributed by atoms with Crippen molar-refractivity contribution in [2.75, 3.05) is 31.1 Å². The first-order valence-electron chi connectivity index (χ1n) is 6.79. The number of unbranched alkanes of at least 4 members (excludes halogenated alkanes) is 1. The standard InChI is InChI=1S/C14H23N3/c1-2-3-5-13-10-14(12-16-11-13)17-8-4-6-15-7-9-17/h10-12,15H,2-9H2,1H3. The molecule has 0 amide bonds. The summed E-state index contributed by atoms with van der Waals surface area (Å²) in [7, 11) is 0. The molecule has 3 nitrogen and oxygen atoms in total. The molecule has 3 heteroatoms. The number of aryl methyl sites for hydroxylation is 1. The van der Waals surface area contributed by atoms with Crippen LogP contribution < -0.4 is 10.2 Å². The van der Waals surface area contributed by atoms with E-state index in [2.05, 4.69) is 28.2 Å². The molecule has 17 heavy (non-hydrogen) atoms. The largest absolute Gasteiger partial charge is 0.369 e. The molecule has 0 aromatic carbocycles. The van der Waals surface area contributed by atoms with Crippen molar-refractivity contribution < 1.29 is 0 Å². The Kier molecular flexibility index (Phi) is 4.80. The Morgan fingerprint density at radius 2 is 2.24 bits per heavy atom. The highest BCUT2D eigenvalue weighted by molar-refractivity contribution is 5.46. The molecule has 2 rings (SSSR count). The molecule has 0 unspecified atom stereocenters. The van der Waals surface area contributed by atoms with Gasteiger partial charge in [-0.15, -0.1) is 0 Å². The van der Waals surface area contributed by atoms with Gasteiger partial charge in [-0.05, 0) is 37.4 Å². The minimum absolute atomic E-state index is 1.08. The summed E-state index contributed by atoms with van der Waals surface area (Å²) in [6.45, 7) is 6.70. The number of aromatic nitrogens is 1. The first kappa shape index (κ1) is 12.4. The minimum atomic E-state index is 1.08. The number of pyridine rings is 1. The molecule has 0 spiro atoms. The Hall–Kier alpha value is -1.09. The summed E-state index contributed by atoms with van der Waals surface area (Å²) >= 11 is 0. The second kappa shape index (κ2) is 6.60. The zero-order valence-corrected chi connectivity index (χ0v) is 10.8. The van der Waals surface area contributed by atoms with E-state index in [0.29, 0.717) is 0 Å². The van der Waals surface area contributed by atoms with Crippen LogP contribution >= 0.6 is 0 Å². The van der Waals surface area contributed by atoms with Crippen molar-refractivity contribution in [3.8, 4) is 0 Å². The highest BCUT2D eigenvalue weighted by Gasteiger charge is 2.09. The summed E-state index contributed by atoms with van der Waals surface area (Å²) in [5, 5.41) is 3.43. The maximum atomic E-state index is 4.38. The van der Waals surface area contributed by atoms with Crippen molar-refractivity contribution >= 4 is 5.69 Å². The van der Waals surface area contributed by atoms with Crippen LogP contribution in [-0.2, 0) is 6.42 Å². The first-order valence-corrected chi connectivity index (χ1v) is 6.79. The maximum Gasteiger partial charge on any atom is 0.0555 e. The number of hydrogen-bond donors (Lipinski definition) is 1. The van der Waals surface area contributed by atoms with E-state index in [1.54, 1.807) is 0 Å². The quantitative estimate of drug-likeness (QED) is 0.864. The van der Waals surface area contributed by atoms with E-state index in [1.807, 2.05) is 12.4 Å². The van der Waals surface area contributed by atoms with Gasteiger partial charge in [0.15, 0.2) is 0 Å². The highest BCUT2D eigenvalue weighted by atomic mass is 15.2. The van der Waals surface area contributed by atoms with Crippen LogP contribution in [0, 0.1) is 0 Å². The number of anilines is 1. The fraction of sp³-hybridized carbons (Fsp3) is 0.643. The third-order valence-corrected chi connectivity index (χ3v) is 3.30. The third kappa shape index (κ3) is 3.70. The number of rotatable bonds is 4. The van der Waals surface area contributed by atoms with Crippen LogP contribution in [0.1, 0.15) is 31.7 Å². The van der Waals surface area contributed by atoms with E-state index in [0.717, 1.165) is 32.6 Å². The summed E-state index contributed by atoms with van der Waals surface area (Å²) in [5.41, 5.74) is 2.67. The summed E-state index contributed by atoms with van der Waals surface area (Å²) in [4.78, 5) is 6.83. The van der Waals surface area contributed by atoms with E-state index < -0.39 is 0 Å². The van der Waals surface area contributed by atoms with E-state index >= 15 is 0 Å². The van der Waals surface area contributed by atoms with Gasteiger partial charge in [-0.2, -0.15) is 0 Å². The lowest BCUT2D eigenvalue weighted by atomic mass is 10.1. The van der Waals surface area contributed by atoms with Gasteiger partial charge in [0, 0.05) is 25.8 Å². The topological polar surface area (TPSA) is 28.2 Å². The third-order valence-electron chi connectivity index (χ3n) is 3.30. The molecular formula is C14H23N3. The van der Waals surface area contributed by atoms with Crippen molar-refractivity contribution in [3.05, 3.63) is 24.0 Å². The van der Waals surface area contributed by atoms with Crippen LogP contribution in [0.3, 0.4) is 0 Å². The van der Waals surface area contributed by atoms with Crippen molar-refractivity contribution in [2.24, 2.45) is 0 Å². The maximum absolute atomic E-state index is 4.38. The van der Waals surface area contributed by atoms with Gasteiger partial charge in [0.2, 0.25) is 0 Å². The zero-order chi connectivity index (χ0) is 11.9. The summed E-state index contributed by atoms with van der Waals surface area (Å²) in [6, 6.07) is 2.31. The Morgan fingerprint density at radius 1 is 1.29 bits per heavy atom. The van der Waals surface area contributed by atoms with Crippen molar-refractivity contribution in [1.82, 2.24) is 10.3 Å². The Morgan fingerprint density at radius 3 is 3.12 bits per heavy atom. The second-order valence-electron chi connectivity index (χ2n) is 4.75. The molecule has 1 aromatic heterocycles. The predicted octanol–water partition coefficient (Wildman–Crippen LogP) is 2.22. The van der Waals surface area contributed by atoms with Crippen molar-refractivity contribution in [1.29, 1.82) is 0 Å². The van der Waals surface area contributed by atoms with Gasteiger partial charge in [-0.25, -0.2) is 0 Å². The van der Waals surface area contributed by atoms with Crippen LogP contribution in [0.4, 0.5) is 5.69 Å². The molecule has 0 radical (unpaired) electrons. The molecule has 1 fully saturated rings. The summed E-state index contributed by atoms with van der Waals surface area (Å²) < 4.78 is 0. The van der Waals surface area contributed by atoms with Gasteiger partial charge in [-0.1, -0.05) is 13.3 Å². The smallest absolute Gasteiger partial charge is 0.0555 e. The highest BCUT2D eigenvalue weighted by Crippen LogP contribution is 2.16. The lowest BCUT2D eigenvalue weighted by Gasteiger charge is -2.22. The minimum Gasteiger partial charge on any atom is -0.369 e. The molecule has 1 saturated heterocycles. The SMILES string of the molecule is CCCCc1cncc(N2CCCNCC2)c1. The molecule has 0 saturated carbocycles. The molecule has 2 heterocycles. The molecule has 1 N–H and O–H groups in total. The van der Waals surface area contributed by atoms with E-state index in [4.69, 9.17) is 0 Å². The normalized spacial score (nSPS) is 16.9. The average Bonchev–Trinajstić information content (AvgIpc) is 2.65. The van der Waals surface area contributed by atoms with E-state index in [1.165, 1.54) is 30.5 Å². The van der Waals surface area contributed by atoms with Crippen LogP contribution in [0.25, 0.3) is 0 Å². The van der Waals surface area contributed by atoms with Crippen molar-refractivity contribution in [3.63, 3.8) is 0 Å². The van der Waals surface area contributed by atoms with Gasteiger partial charge >= 0.3 is 0 Å². The molecule has 1 aromatic rings. The van der Waals surface area contributed by atoms with Crippen molar-refractivity contribution in [2.45, 2.75) is 32.6 Å². The second-order valence-corrected chi connectivity index (χ2v) is 4.75. The summed E-state index contributed by atoms with van der Waals surface area (Å²) in [6.07, 6.45) is 8.89. The van der Waals surface area contributed by atoms with Crippen LogP contribution in [0.5, 0.6) is 0 Å². The van der Waals surface area contributed by atoms with Crippen LogP contribution in [0.15, 0.2) is 18.5 Å². The number of hydrogen-bond acceptors (Lipinski definition) is 3. The first-order chi connectivity index (χ1) is 8.40. The van der Waals surface area contributed by atoms with Crippen LogP contribution in [0.2, 0.25) is 0 Å². The van der Waals surface area contributed by atoms with Crippen LogP contribution in [-0.4, -0.2) is 31.2 Å². The molecular weight excluding hydrogens is 210 g/mol. The monoisotopic (exact) mass is 233 g/mol. The molecule has 1 aliphatic rings. The lowest BCUT2D eigenvalue weighted by Crippen LogP contribution is -2.27. The Bertz CT molecular complexity index is 330. The fourth-order valence-electron chi connectivity index (χ4n) is 2.27. The fourth-order valence-corrected chi connectivity index (χ4v) is 2.27. The van der Waals surface area contributed by atoms with Gasteiger partial charge in [0.05, 0.1) is 11.9 Å². The average molecular weight is 233 g/mol. The molecule has 0 aliphatic carbocycles. The zero-order valence-electron chi connectivity index (χ0n) is 10.8. The Balaban J connectivity index is 2.03. The van der Waals surface area contributed by atoms with Gasteiger partial charge < -0.3 is 10.2 Å². The Labute approximate surface area is 104 Å².